The molecule has 1 aromatic carbocycles. The number of hydrogen-bond acceptors (Lipinski definition) is 1. The lowest BCUT2D eigenvalue weighted by molar-refractivity contribution is 0.606. The van der Waals surface area contributed by atoms with Gasteiger partial charge in [-0.25, -0.2) is 4.39 Å². The zero-order chi connectivity index (χ0) is 9.84. The van der Waals surface area contributed by atoms with Crippen molar-refractivity contribution >= 4 is 0 Å². The molecule has 0 aliphatic rings. The summed E-state index contributed by atoms with van der Waals surface area (Å²) in [7, 11) is 0. The molecule has 70 valence electrons. The topological polar surface area (TPSA) is 26.0 Å². The Labute approximate surface area is 78.1 Å². The molecule has 0 aliphatic heterocycles. The standard InChI is InChI=1S/C11H14FN/c1-3-8-9(11(13)4-2)6-5-7-10(8)12/h4-7,11H,2-3,13H2,1H3/t11-/m1/s1. The lowest BCUT2D eigenvalue weighted by Gasteiger charge is -2.12. The van der Waals surface area contributed by atoms with Gasteiger partial charge in [-0.15, -0.1) is 6.58 Å². The number of benzene rings is 1. The molecule has 13 heavy (non-hydrogen) atoms. The maximum atomic E-state index is 13.3. The van der Waals surface area contributed by atoms with E-state index in [-0.39, 0.29) is 11.9 Å². The van der Waals surface area contributed by atoms with E-state index in [1.165, 1.54) is 6.07 Å². The smallest absolute Gasteiger partial charge is 0.126 e. The number of rotatable bonds is 3. The lowest BCUT2D eigenvalue weighted by atomic mass is 9.99. The van der Waals surface area contributed by atoms with Crippen molar-refractivity contribution < 1.29 is 4.39 Å². The Balaban J connectivity index is 3.19. The van der Waals surface area contributed by atoms with Gasteiger partial charge in [0, 0.05) is 6.04 Å². The van der Waals surface area contributed by atoms with Crippen LogP contribution in [-0.4, -0.2) is 0 Å². The molecule has 0 fully saturated rings. The number of halogens is 1. The van der Waals surface area contributed by atoms with E-state index in [9.17, 15) is 4.39 Å². The van der Waals surface area contributed by atoms with E-state index in [0.29, 0.717) is 12.0 Å². The van der Waals surface area contributed by atoms with E-state index in [1.807, 2.05) is 13.0 Å². The Hall–Kier alpha value is -1.15. The Bertz CT molecular complexity index is 307. The normalized spacial score (nSPS) is 12.5. The summed E-state index contributed by atoms with van der Waals surface area (Å²) in [6.45, 7) is 5.51. The highest BCUT2D eigenvalue weighted by Crippen LogP contribution is 2.20. The summed E-state index contributed by atoms with van der Waals surface area (Å²) in [5.74, 6) is -0.183. The number of hydrogen-bond donors (Lipinski definition) is 1. The Kier molecular flexibility index (Phi) is 3.20. The highest BCUT2D eigenvalue weighted by Gasteiger charge is 2.09. The summed E-state index contributed by atoms with van der Waals surface area (Å²) >= 11 is 0. The summed E-state index contributed by atoms with van der Waals surface area (Å²) in [6, 6.07) is 4.70. The molecule has 0 saturated carbocycles. The first-order valence-electron chi connectivity index (χ1n) is 4.36. The van der Waals surface area contributed by atoms with Crippen molar-refractivity contribution in [2.75, 3.05) is 0 Å². The first-order valence-corrected chi connectivity index (χ1v) is 4.36. The van der Waals surface area contributed by atoms with Gasteiger partial charge in [0.25, 0.3) is 0 Å². The minimum atomic E-state index is -0.273. The van der Waals surface area contributed by atoms with E-state index >= 15 is 0 Å². The first-order chi connectivity index (χ1) is 6.20. The van der Waals surface area contributed by atoms with Gasteiger partial charge in [0.2, 0.25) is 0 Å². The van der Waals surface area contributed by atoms with E-state index < -0.39 is 0 Å². The highest BCUT2D eigenvalue weighted by molar-refractivity contribution is 5.33. The van der Waals surface area contributed by atoms with Crippen molar-refractivity contribution in [3.63, 3.8) is 0 Å². The first kappa shape index (κ1) is 9.93. The van der Waals surface area contributed by atoms with Gasteiger partial charge in [-0.05, 0) is 23.6 Å². The fraction of sp³-hybridized carbons (Fsp3) is 0.273. The van der Waals surface area contributed by atoms with Crippen LogP contribution in [0.2, 0.25) is 0 Å². The number of nitrogens with two attached hydrogens (primary N) is 1. The van der Waals surface area contributed by atoms with Crippen LogP contribution in [0, 0.1) is 5.82 Å². The van der Waals surface area contributed by atoms with E-state index in [1.54, 1.807) is 12.1 Å². The second-order valence-corrected chi connectivity index (χ2v) is 2.92. The summed E-state index contributed by atoms with van der Waals surface area (Å²) in [4.78, 5) is 0. The maximum absolute atomic E-state index is 13.3. The van der Waals surface area contributed by atoms with Gasteiger partial charge in [-0.2, -0.15) is 0 Å². The van der Waals surface area contributed by atoms with Gasteiger partial charge >= 0.3 is 0 Å². The van der Waals surface area contributed by atoms with Crippen LogP contribution in [0.4, 0.5) is 4.39 Å². The summed E-state index contributed by atoms with van der Waals surface area (Å²) in [5.41, 5.74) is 7.28. The van der Waals surface area contributed by atoms with Crippen molar-refractivity contribution in [3.8, 4) is 0 Å². The summed E-state index contributed by atoms with van der Waals surface area (Å²) in [5, 5.41) is 0. The van der Waals surface area contributed by atoms with E-state index in [2.05, 4.69) is 6.58 Å². The van der Waals surface area contributed by atoms with Crippen LogP contribution in [0.25, 0.3) is 0 Å². The molecule has 0 bridgehead atoms. The van der Waals surface area contributed by atoms with Gasteiger partial charge in [-0.3, -0.25) is 0 Å². The van der Waals surface area contributed by atoms with Crippen LogP contribution in [0.5, 0.6) is 0 Å². The van der Waals surface area contributed by atoms with Crippen LogP contribution in [0.15, 0.2) is 30.9 Å². The molecule has 2 heteroatoms. The predicted octanol–water partition coefficient (Wildman–Crippen LogP) is 2.57. The second kappa shape index (κ2) is 4.19. The van der Waals surface area contributed by atoms with E-state index in [4.69, 9.17) is 5.73 Å². The second-order valence-electron chi connectivity index (χ2n) is 2.92. The molecule has 0 amide bonds. The zero-order valence-electron chi connectivity index (χ0n) is 7.76. The quantitative estimate of drug-likeness (QED) is 0.709. The molecule has 1 nitrogen and oxygen atoms in total. The van der Waals surface area contributed by atoms with E-state index in [0.717, 1.165) is 5.56 Å². The van der Waals surface area contributed by atoms with Gasteiger partial charge < -0.3 is 5.73 Å². The van der Waals surface area contributed by atoms with Crippen molar-refractivity contribution in [2.45, 2.75) is 19.4 Å². The molecule has 0 aliphatic carbocycles. The molecule has 1 rings (SSSR count). The summed E-state index contributed by atoms with van der Waals surface area (Å²) in [6.07, 6.45) is 2.28. The van der Waals surface area contributed by atoms with Gasteiger partial charge in [-0.1, -0.05) is 25.1 Å². The molecule has 1 atom stereocenters. The highest BCUT2D eigenvalue weighted by atomic mass is 19.1. The molecule has 1 aromatic rings. The average molecular weight is 179 g/mol. The third-order valence-corrected chi connectivity index (χ3v) is 2.12. The summed E-state index contributed by atoms with van der Waals surface area (Å²) < 4.78 is 13.3. The Morgan fingerprint density at radius 3 is 2.85 bits per heavy atom. The average Bonchev–Trinajstić information content (AvgIpc) is 2.16. The van der Waals surface area contributed by atoms with Crippen molar-refractivity contribution in [1.82, 2.24) is 0 Å². The van der Waals surface area contributed by atoms with Crippen molar-refractivity contribution in [2.24, 2.45) is 5.73 Å². The molecule has 0 heterocycles. The Morgan fingerprint density at radius 2 is 2.31 bits per heavy atom. The largest absolute Gasteiger partial charge is 0.321 e. The SMILES string of the molecule is C=C[C@@H](N)c1cccc(F)c1CC. The lowest BCUT2D eigenvalue weighted by Crippen LogP contribution is -2.10. The Morgan fingerprint density at radius 1 is 1.62 bits per heavy atom. The molecule has 0 saturated heterocycles. The van der Waals surface area contributed by atoms with Gasteiger partial charge in [0.15, 0.2) is 0 Å². The van der Waals surface area contributed by atoms with Crippen LogP contribution < -0.4 is 5.73 Å². The van der Waals surface area contributed by atoms with Crippen LogP contribution in [-0.2, 0) is 6.42 Å². The van der Waals surface area contributed by atoms with Crippen molar-refractivity contribution in [1.29, 1.82) is 0 Å². The van der Waals surface area contributed by atoms with Crippen LogP contribution >= 0.6 is 0 Å². The minimum Gasteiger partial charge on any atom is -0.321 e. The molecule has 0 aromatic heterocycles. The fourth-order valence-electron chi connectivity index (χ4n) is 1.39. The molecular formula is C11H14FN. The molecule has 2 N–H and O–H groups in total. The molecule has 0 spiro atoms. The molecule has 0 unspecified atom stereocenters. The van der Waals surface area contributed by atoms with Gasteiger partial charge in [0.1, 0.15) is 5.82 Å². The van der Waals surface area contributed by atoms with Crippen molar-refractivity contribution in [3.05, 3.63) is 47.8 Å². The fourth-order valence-corrected chi connectivity index (χ4v) is 1.39. The van der Waals surface area contributed by atoms with Crippen LogP contribution in [0.1, 0.15) is 24.1 Å². The van der Waals surface area contributed by atoms with Gasteiger partial charge in [0.05, 0.1) is 0 Å². The molecule has 0 radical (unpaired) electrons. The third-order valence-electron chi connectivity index (χ3n) is 2.12. The molecular weight excluding hydrogens is 165 g/mol. The minimum absolute atomic E-state index is 0.183. The monoisotopic (exact) mass is 179 g/mol. The third kappa shape index (κ3) is 1.95. The van der Waals surface area contributed by atoms with Crippen LogP contribution in [0.3, 0.4) is 0 Å². The maximum Gasteiger partial charge on any atom is 0.126 e. The predicted molar refractivity (Wildman–Crippen MR) is 52.9 cm³/mol. The zero-order valence-corrected chi connectivity index (χ0v) is 7.76.